The van der Waals surface area contributed by atoms with Gasteiger partial charge in [0.2, 0.25) is 0 Å². The van der Waals surface area contributed by atoms with Gasteiger partial charge < -0.3 is 10.1 Å². The highest BCUT2D eigenvalue weighted by molar-refractivity contribution is 7.90. The number of aryl methyl sites for hydroxylation is 2. The highest BCUT2D eigenvalue weighted by Crippen LogP contribution is 2.19. The van der Waals surface area contributed by atoms with E-state index in [1.54, 1.807) is 24.3 Å². The first-order chi connectivity index (χ1) is 11.7. The molecule has 134 valence electrons. The minimum absolute atomic E-state index is 0.0734. The van der Waals surface area contributed by atoms with E-state index in [9.17, 15) is 13.2 Å². The van der Waals surface area contributed by atoms with Gasteiger partial charge in [-0.05, 0) is 55.7 Å². The average molecular weight is 361 g/mol. The summed E-state index contributed by atoms with van der Waals surface area (Å²) in [4.78, 5) is 12.3. The molecule has 0 aliphatic heterocycles. The molecule has 0 unspecified atom stereocenters. The number of nitrogens with one attached hydrogen (secondary N) is 1. The van der Waals surface area contributed by atoms with Crippen molar-refractivity contribution in [3.05, 3.63) is 59.2 Å². The molecular formula is C19H23NO4S. The van der Waals surface area contributed by atoms with E-state index in [0.717, 1.165) is 22.9 Å². The van der Waals surface area contributed by atoms with Crippen LogP contribution in [0.25, 0.3) is 0 Å². The standard InChI is InChI=1S/C19H23NO4S/c1-13-5-6-14(2)18(11-13)24-12-19(21)20-15(3)16-7-9-17(10-8-16)25(4,22)23/h5-11,15H,12H2,1-4H3,(H,20,21)/t15-/m1/s1. The van der Waals surface area contributed by atoms with Crippen molar-refractivity contribution in [3.8, 4) is 5.75 Å². The molecule has 5 nitrogen and oxygen atoms in total. The molecule has 0 aliphatic carbocycles. The summed E-state index contributed by atoms with van der Waals surface area (Å²) in [5.41, 5.74) is 2.87. The number of sulfone groups is 1. The van der Waals surface area contributed by atoms with Crippen molar-refractivity contribution in [1.82, 2.24) is 5.32 Å². The van der Waals surface area contributed by atoms with Gasteiger partial charge in [0.15, 0.2) is 16.4 Å². The second kappa shape index (κ2) is 7.70. The first kappa shape index (κ1) is 19.0. The molecule has 0 spiro atoms. The third kappa shape index (κ3) is 5.32. The molecule has 0 fully saturated rings. The van der Waals surface area contributed by atoms with Crippen molar-refractivity contribution in [2.45, 2.75) is 31.7 Å². The number of ether oxygens (including phenoxy) is 1. The Balaban J connectivity index is 1.94. The van der Waals surface area contributed by atoms with Crippen molar-refractivity contribution >= 4 is 15.7 Å². The van der Waals surface area contributed by atoms with Crippen LogP contribution in [0.2, 0.25) is 0 Å². The fraction of sp³-hybridized carbons (Fsp3) is 0.316. The first-order valence-corrected chi connectivity index (χ1v) is 9.85. The Morgan fingerprint density at radius 2 is 1.76 bits per heavy atom. The third-order valence-electron chi connectivity index (χ3n) is 3.89. The van der Waals surface area contributed by atoms with Gasteiger partial charge in [-0.2, -0.15) is 0 Å². The van der Waals surface area contributed by atoms with E-state index in [1.165, 1.54) is 0 Å². The summed E-state index contributed by atoms with van der Waals surface area (Å²) < 4.78 is 28.5. The Labute approximate surface area is 148 Å². The predicted octanol–water partition coefficient (Wildman–Crippen LogP) is 2.96. The molecule has 0 saturated heterocycles. The van der Waals surface area contributed by atoms with Crippen molar-refractivity contribution < 1.29 is 17.9 Å². The molecule has 2 aromatic rings. The molecule has 0 aliphatic rings. The monoisotopic (exact) mass is 361 g/mol. The summed E-state index contributed by atoms with van der Waals surface area (Å²) in [6.07, 6.45) is 1.16. The molecule has 6 heteroatoms. The maximum Gasteiger partial charge on any atom is 0.258 e. The number of carbonyl (C=O) groups excluding carboxylic acids is 1. The molecule has 25 heavy (non-hydrogen) atoms. The smallest absolute Gasteiger partial charge is 0.258 e. The number of rotatable bonds is 6. The Kier molecular flexibility index (Phi) is 5.85. The van der Waals surface area contributed by atoms with Crippen LogP contribution >= 0.6 is 0 Å². The Morgan fingerprint density at radius 3 is 2.36 bits per heavy atom. The molecule has 0 saturated carbocycles. The van der Waals surface area contributed by atoms with Crippen LogP contribution < -0.4 is 10.1 Å². The summed E-state index contributed by atoms with van der Waals surface area (Å²) in [6.45, 7) is 5.66. The molecule has 0 radical (unpaired) electrons. The van der Waals surface area contributed by atoms with Crippen LogP contribution in [0.4, 0.5) is 0 Å². The van der Waals surface area contributed by atoms with Gasteiger partial charge >= 0.3 is 0 Å². The molecule has 2 aromatic carbocycles. The lowest BCUT2D eigenvalue weighted by molar-refractivity contribution is -0.123. The largest absolute Gasteiger partial charge is 0.483 e. The number of hydrogen-bond acceptors (Lipinski definition) is 4. The molecule has 1 atom stereocenters. The van der Waals surface area contributed by atoms with Gasteiger partial charge in [0.25, 0.3) is 5.91 Å². The second-order valence-electron chi connectivity index (χ2n) is 6.19. The Morgan fingerprint density at radius 1 is 1.12 bits per heavy atom. The minimum Gasteiger partial charge on any atom is -0.483 e. The Bertz CT molecular complexity index is 857. The predicted molar refractivity (Wildman–Crippen MR) is 97.5 cm³/mol. The van der Waals surface area contributed by atoms with Crippen LogP contribution in [0.15, 0.2) is 47.4 Å². The molecule has 0 bridgehead atoms. The van der Waals surface area contributed by atoms with Crippen molar-refractivity contribution in [1.29, 1.82) is 0 Å². The fourth-order valence-corrected chi connectivity index (χ4v) is 3.01. The van der Waals surface area contributed by atoms with Crippen molar-refractivity contribution in [3.63, 3.8) is 0 Å². The van der Waals surface area contributed by atoms with E-state index in [1.807, 2.05) is 39.0 Å². The van der Waals surface area contributed by atoms with Gasteiger partial charge in [-0.1, -0.05) is 24.3 Å². The number of hydrogen-bond donors (Lipinski definition) is 1. The third-order valence-corrected chi connectivity index (χ3v) is 5.02. The SMILES string of the molecule is Cc1ccc(C)c(OCC(=O)N[C@H](C)c2ccc(S(C)(=O)=O)cc2)c1. The topological polar surface area (TPSA) is 72.5 Å². The zero-order chi connectivity index (χ0) is 18.6. The maximum atomic E-state index is 12.1. The fourth-order valence-electron chi connectivity index (χ4n) is 2.38. The van der Waals surface area contributed by atoms with Gasteiger partial charge in [-0.15, -0.1) is 0 Å². The van der Waals surface area contributed by atoms with E-state index >= 15 is 0 Å². The highest BCUT2D eigenvalue weighted by Gasteiger charge is 2.12. The summed E-state index contributed by atoms with van der Waals surface area (Å²) in [6, 6.07) is 12.1. The van der Waals surface area contributed by atoms with Crippen LogP contribution in [0.1, 0.15) is 29.7 Å². The van der Waals surface area contributed by atoms with E-state index in [-0.39, 0.29) is 23.5 Å². The molecule has 0 aromatic heterocycles. The molecule has 2 rings (SSSR count). The molecular weight excluding hydrogens is 338 g/mol. The summed E-state index contributed by atoms with van der Waals surface area (Å²) in [5, 5.41) is 2.85. The van der Waals surface area contributed by atoms with E-state index in [4.69, 9.17) is 4.74 Å². The van der Waals surface area contributed by atoms with E-state index < -0.39 is 9.84 Å². The second-order valence-corrected chi connectivity index (χ2v) is 8.20. The van der Waals surface area contributed by atoms with Gasteiger partial charge in [-0.3, -0.25) is 4.79 Å². The van der Waals surface area contributed by atoms with E-state index in [0.29, 0.717) is 5.75 Å². The van der Waals surface area contributed by atoms with Crippen molar-refractivity contribution in [2.75, 3.05) is 12.9 Å². The van der Waals surface area contributed by atoms with Gasteiger partial charge in [0.1, 0.15) is 5.75 Å². The summed E-state index contributed by atoms with van der Waals surface area (Å²) >= 11 is 0. The molecule has 1 amide bonds. The molecule has 1 N–H and O–H groups in total. The quantitative estimate of drug-likeness (QED) is 0.858. The lowest BCUT2D eigenvalue weighted by Crippen LogP contribution is -2.31. The minimum atomic E-state index is -3.22. The highest BCUT2D eigenvalue weighted by atomic mass is 32.2. The summed E-state index contributed by atoms with van der Waals surface area (Å²) in [7, 11) is -3.22. The zero-order valence-corrected chi connectivity index (χ0v) is 15.7. The van der Waals surface area contributed by atoms with Crippen LogP contribution in [-0.4, -0.2) is 27.2 Å². The first-order valence-electron chi connectivity index (χ1n) is 7.96. The van der Waals surface area contributed by atoms with Crippen LogP contribution in [0, 0.1) is 13.8 Å². The van der Waals surface area contributed by atoms with Gasteiger partial charge in [0, 0.05) is 6.26 Å². The van der Waals surface area contributed by atoms with Gasteiger partial charge in [-0.25, -0.2) is 8.42 Å². The van der Waals surface area contributed by atoms with E-state index in [2.05, 4.69) is 5.32 Å². The Hall–Kier alpha value is -2.34. The number of carbonyl (C=O) groups is 1. The number of amides is 1. The summed E-state index contributed by atoms with van der Waals surface area (Å²) in [5.74, 6) is 0.459. The van der Waals surface area contributed by atoms with Crippen LogP contribution in [0.3, 0.4) is 0 Å². The normalized spacial score (nSPS) is 12.5. The van der Waals surface area contributed by atoms with Crippen LogP contribution in [0.5, 0.6) is 5.75 Å². The van der Waals surface area contributed by atoms with Crippen LogP contribution in [-0.2, 0) is 14.6 Å². The lowest BCUT2D eigenvalue weighted by Gasteiger charge is -2.16. The van der Waals surface area contributed by atoms with Gasteiger partial charge in [0.05, 0.1) is 10.9 Å². The van der Waals surface area contributed by atoms with Crippen molar-refractivity contribution in [2.24, 2.45) is 0 Å². The number of benzene rings is 2. The molecule has 0 heterocycles. The maximum absolute atomic E-state index is 12.1. The zero-order valence-electron chi connectivity index (χ0n) is 14.9. The lowest BCUT2D eigenvalue weighted by atomic mass is 10.1. The average Bonchev–Trinajstić information content (AvgIpc) is 2.55.